The zero-order chi connectivity index (χ0) is 20.8. The molecule has 3 N–H and O–H groups in total. The summed E-state index contributed by atoms with van der Waals surface area (Å²) in [6.45, 7) is 5.93. The molecule has 7 nitrogen and oxygen atoms in total. The summed E-state index contributed by atoms with van der Waals surface area (Å²) in [5, 5.41) is 18.3. The maximum absolute atomic E-state index is 9.97. The Balaban J connectivity index is 1.80. The molecule has 1 fully saturated rings. The van der Waals surface area contributed by atoms with E-state index < -0.39 is 0 Å². The Hall–Kier alpha value is -3.53. The topological polar surface area (TPSA) is 104 Å². The van der Waals surface area contributed by atoms with E-state index >= 15 is 0 Å². The SMILES string of the molecule is Cc1ccc2nc(N3CCCCC3)c(C3C(C#N)=C(N)Oc4n[nH]c(C)c43)cc2c1. The number of piperidine rings is 1. The molecule has 5 rings (SSSR count). The summed E-state index contributed by atoms with van der Waals surface area (Å²) in [5.74, 6) is 1.09. The average Bonchev–Trinajstić information content (AvgIpc) is 3.12. The highest BCUT2D eigenvalue weighted by atomic mass is 16.5. The summed E-state index contributed by atoms with van der Waals surface area (Å²) in [6.07, 6.45) is 3.51. The number of aromatic nitrogens is 3. The van der Waals surface area contributed by atoms with E-state index in [0.29, 0.717) is 11.5 Å². The second kappa shape index (κ2) is 7.06. The van der Waals surface area contributed by atoms with Crippen molar-refractivity contribution in [2.24, 2.45) is 5.73 Å². The third-order valence-corrected chi connectivity index (χ3v) is 6.07. The number of nitrogens with two attached hydrogens (primary N) is 1. The molecule has 0 aliphatic carbocycles. The Kier molecular flexibility index (Phi) is 4.35. The molecule has 4 heterocycles. The molecule has 30 heavy (non-hydrogen) atoms. The van der Waals surface area contributed by atoms with Gasteiger partial charge in [-0.2, -0.15) is 5.26 Å². The average molecular weight is 400 g/mol. The molecule has 3 aromatic rings. The summed E-state index contributed by atoms with van der Waals surface area (Å²) in [6, 6.07) is 10.7. The fourth-order valence-electron chi connectivity index (χ4n) is 4.58. The Labute approximate surface area is 175 Å². The lowest BCUT2D eigenvalue weighted by Crippen LogP contribution is -2.32. The van der Waals surface area contributed by atoms with Crippen LogP contribution in [0, 0.1) is 25.2 Å². The maximum Gasteiger partial charge on any atom is 0.244 e. The normalized spacial score (nSPS) is 18.8. The predicted molar refractivity (Wildman–Crippen MR) is 115 cm³/mol. The van der Waals surface area contributed by atoms with E-state index in [0.717, 1.165) is 59.5 Å². The van der Waals surface area contributed by atoms with Crippen LogP contribution in [0.1, 0.15) is 47.6 Å². The highest BCUT2D eigenvalue weighted by Gasteiger charge is 2.37. The predicted octanol–water partition coefficient (Wildman–Crippen LogP) is 3.78. The summed E-state index contributed by atoms with van der Waals surface area (Å²) in [4.78, 5) is 7.42. The van der Waals surface area contributed by atoms with Crippen LogP contribution in [0.25, 0.3) is 10.9 Å². The Morgan fingerprint density at radius 1 is 1.20 bits per heavy atom. The molecular weight excluding hydrogens is 376 g/mol. The second-order valence-electron chi connectivity index (χ2n) is 8.14. The van der Waals surface area contributed by atoms with Crippen LogP contribution < -0.4 is 15.4 Å². The third kappa shape index (κ3) is 2.88. The molecule has 2 aromatic heterocycles. The van der Waals surface area contributed by atoms with Gasteiger partial charge in [0, 0.05) is 35.3 Å². The van der Waals surface area contributed by atoms with Gasteiger partial charge >= 0.3 is 0 Å². The molecule has 7 heteroatoms. The number of ether oxygens (including phenoxy) is 1. The van der Waals surface area contributed by atoms with Crippen molar-refractivity contribution in [2.75, 3.05) is 18.0 Å². The highest BCUT2D eigenvalue weighted by Crippen LogP contribution is 2.46. The van der Waals surface area contributed by atoms with E-state index in [4.69, 9.17) is 15.5 Å². The first-order valence-corrected chi connectivity index (χ1v) is 10.4. The zero-order valence-electron chi connectivity index (χ0n) is 17.2. The molecular formula is C23H24N6O. The van der Waals surface area contributed by atoms with E-state index in [-0.39, 0.29) is 11.8 Å². The van der Waals surface area contributed by atoms with Gasteiger partial charge in [-0.1, -0.05) is 11.6 Å². The van der Waals surface area contributed by atoms with Gasteiger partial charge in [-0.05, 0) is 51.3 Å². The number of rotatable bonds is 2. The van der Waals surface area contributed by atoms with Gasteiger partial charge in [-0.25, -0.2) is 4.98 Å². The lowest BCUT2D eigenvalue weighted by Gasteiger charge is -2.32. The van der Waals surface area contributed by atoms with Gasteiger partial charge < -0.3 is 15.4 Å². The fourth-order valence-corrected chi connectivity index (χ4v) is 4.58. The monoisotopic (exact) mass is 400 g/mol. The minimum absolute atomic E-state index is 0.107. The van der Waals surface area contributed by atoms with Crippen LogP contribution in [0.3, 0.4) is 0 Å². The number of benzene rings is 1. The number of H-pyrrole nitrogens is 1. The van der Waals surface area contributed by atoms with Crippen molar-refractivity contribution in [1.82, 2.24) is 15.2 Å². The summed E-state index contributed by atoms with van der Waals surface area (Å²) >= 11 is 0. The number of pyridine rings is 1. The smallest absolute Gasteiger partial charge is 0.244 e. The number of aromatic amines is 1. The Morgan fingerprint density at radius 2 is 2.00 bits per heavy atom. The van der Waals surface area contributed by atoms with Crippen molar-refractivity contribution < 1.29 is 4.74 Å². The number of nitriles is 1. The second-order valence-corrected chi connectivity index (χ2v) is 8.14. The number of nitrogens with zero attached hydrogens (tertiary/aromatic N) is 4. The van der Waals surface area contributed by atoms with E-state index in [1.54, 1.807) is 0 Å². The molecule has 1 unspecified atom stereocenters. The summed E-state index contributed by atoms with van der Waals surface area (Å²) < 4.78 is 5.66. The van der Waals surface area contributed by atoms with Crippen molar-refractivity contribution in [3.8, 4) is 11.9 Å². The fraction of sp³-hybridized carbons (Fsp3) is 0.348. The molecule has 1 saturated heterocycles. The lowest BCUT2D eigenvalue weighted by molar-refractivity contribution is 0.378. The molecule has 0 radical (unpaired) electrons. The van der Waals surface area contributed by atoms with Crippen LogP contribution in [-0.2, 0) is 0 Å². The zero-order valence-corrected chi connectivity index (χ0v) is 17.2. The summed E-state index contributed by atoms with van der Waals surface area (Å²) in [5.41, 5.74) is 11.4. The van der Waals surface area contributed by atoms with Crippen molar-refractivity contribution in [3.63, 3.8) is 0 Å². The molecule has 0 amide bonds. The van der Waals surface area contributed by atoms with Gasteiger partial charge in [0.1, 0.15) is 17.5 Å². The van der Waals surface area contributed by atoms with E-state index in [1.165, 1.54) is 12.0 Å². The maximum atomic E-state index is 9.97. The van der Waals surface area contributed by atoms with Crippen LogP contribution in [0.5, 0.6) is 5.88 Å². The molecule has 0 spiro atoms. The minimum atomic E-state index is -0.369. The Bertz CT molecular complexity index is 1210. The first-order valence-electron chi connectivity index (χ1n) is 10.4. The number of fused-ring (bicyclic) bond motifs is 2. The van der Waals surface area contributed by atoms with Crippen molar-refractivity contribution >= 4 is 16.7 Å². The molecule has 2 aliphatic heterocycles. The quantitative estimate of drug-likeness (QED) is 0.678. The first kappa shape index (κ1) is 18.5. The van der Waals surface area contributed by atoms with Gasteiger partial charge in [-0.3, -0.25) is 5.10 Å². The highest BCUT2D eigenvalue weighted by molar-refractivity contribution is 5.84. The molecule has 1 aromatic carbocycles. The number of hydrogen-bond donors (Lipinski definition) is 2. The van der Waals surface area contributed by atoms with Crippen LogP contribution in [0.4, 0.5) is 5.82 Å². The van der Waals surface area contributed by atoms with E-state index in [9.17, 15) is 5.26 Å². The van der Waals surface area contributed by atoms with Crippen LogP contribution in [0.2, 0.25) is 0 Å². The number of aryl methyl sites for hydroxylation is 2. The minimum Gasteiger partial charge on any atom is -0.420 e. The van der Waals surface area contributed by atoms with Crippen LogP contribution >= 0.6 is 0 Å². The standard InChI is InChI=1S/C23H24N6O/c1-13-6-7-18-15(10-13)11-16(22(26-18)29-8-4-3-5-9-29)20-17(12-24)21(25)30-23-19(20)14(2)27-28-23/h6-7,10-11,20H,3-5,8-9,25H2,1-2H3,(H,27,28). The van der Waals surface area contributed by atoms with Crippen LogP contribution in [-0.4, -0.2) is 28.3 Å². The van der Waals surface area contributed by atoms with Gasteiger partial charge in [0.2, 0.25) is 11.8 Å². The number of hydrogen-bond acceptors (Lipinski definition) is 6. The molecule has 152 valence electrons. The molecule has 0 saturated carbocycles. The summed E-state index contributed by atoms with van der Waals surface area (Å²) in [7, 11) is 0. The van der Waals surface area contributed by atoms with Crippen molar-refractivity contribution in [2.45, 2.75) is 39.0 Å². The van der Waals surface area contributed by atoms with Crippen molar-refractivity contribution in [3.05, 3.63) is 58.1 Å². The van der Waals surface area contributed by atoms with Crippen LogP contribution in [0.15, 0.2) is 35.7 Å². The first-order chi connectivity index (χ1) is 14.6. The van der Waals surface area contributed by atoms with Gasteiger partial charge in [0.05, 0.1) is 11.4 Å². The molecule has 0 bridgehead atoms. The van der Waals surface area contributed by atoms with E-state index in [2.05, 4.69) is 52.4 Å². The van der Waals surface area contributed by atoms with Gasteiger partial charge in [-0.15, -0.1) is 5.10 Å². The molecule has 2 aliphatic rings. The van der Waals surface area contributed by atoms with Gasteiger partial charge in [0.15, 0.2) is 0 Å². The van der Waals surface area contributed by atoms with Gasteiger partial charge in [0.25, 0.3) is 0 Å². The number of nitrogens with one attached hydrogen (secondary N) is 1. The molecule has 1 atom stereocenters. The number of anilines is 1. The Morgan fingerprint density at radius 3 is 2.77 bits per heavy atom. The van der Waals surface area contributed by atoms with E-state index in [1.807, 2.05) is 6.92 Å². The van der Waals surface area contributed by atoms with Crippen molar-refractivity contribution in [1.29, 1.82) is 5.26 Å². The lowest BCUT2D eigenvalue weighted by atomic mass is 9.83. The number of allylic oxidation sites excluding steroid dienone is 1. The third-order valence-electron chi connectivity index (χ3n) is 6.07. The largest absolute Gasteiger partial charge is 0.420 e.